The first-order chi connectivity index (χ1) is 13.7. The van der Waals surface area contributed by atoms with Crippen molar-refractivity contribution >= 4 is 35.0 Å². The van der Waals surface area contributed by atoms with E-state index < -0.39 is 0 Å². The van der Waals surface area contributed by atoms with Gasteiger partial charge in [0.25, 0.3) is 11.8 Å². The maximum Gasteiger partial charge on any atom is 0.269 e. The number of nitrogens with zero attached hydrogens (tertiary/aromatic N) is 2. The van der Waals surface area contributed by atoms with Crippen LogP contribution in [0.4, 0.5) is 0 Å². The number of rotatable bonds is 7. The van der Waals surface area contributed by atoms with Crippen molar-refractivity contribution in [2.24, 2.45) is 7.05 Å². The summed E-state index contributed by atoms with van der Waals surface area (Å²) >= 11 is 11.8. The van der Waals surface area contributed by atoms with E-state index in [1.165, 1.54) is 0 Å². The molecule has 1 aromatic carbocycles. The van der Waals surface area contributed by atoms with Crippen LogP contribution in [-0.2, 0) is 18.3 Å². The minimum absolute atomic E-state index is 0.103. The molecule has 154 valence electrons. The molecule has 3 saturated carbocycles. The van der Waals surface area contributed by atoms with E-state index in [0.29, 0.717) is 21.5 Å². The van der Waals surface area contributed by atoms with Crippen LogP contribution in [0.2, 0.25) is 10.0 Å². The van der Waals surface area contributed by atoms with E-state index in [-0.39, 0.29) is 29.5 Å². The zero-order valence-corrected chi connectivity index (χ0v) is 17.7. The van der Waals surface area contributed by atoms with Crippen LogP contribution in [0, 0.1) is 0 Å². The summed E-state index contributed by atoms with van der Waals surface area (Å²) in [6.45, 7) is 1.90. The Balaban J connectivity index is 1.25. The fourth-order valence-corrected chi connectivity index (χ4v) is 4.61. The highest BCUT2D eigenvalue weighted by atomic mass is 35.5. The summed E-state index contributed by atoms with van der Waals surface area (Å²) in [7, 11) is 1.77. The monoisotopic (exact) mass is 436 g/mol. The molecule has 2 amide bonds. The van der Waals surface area contributed by atoms with Crippen LogP contribution in [0.3, 0.4) is 0 Å². The number of ether oxygens (including phenoxy) is 1. The molecule has 2 aromatic rings. The van der Waals surface area contributed by atoms with Gasteiger partial charge in [-0.15, -0.1) is 0 Å². The summed E-state index contributed by atoms with van der Waals surface area (Å²) in [4.78, 5) is 24.8. The smallest absolute Gasteiger partial charge is 0.269 e. The van der Waals surface area contributed by atoms with E-state index in [9.17, 15) is 9.59 Å². The number of amides is 2. The third-order valence-corrected chi connectivity index (χ3v) is 6.34. The molecule has 2 bridgehead atoms. The van der Waals surface area contributed by atoms with Gasteiger partial charge >= 0.3 is 0 Å². The van der Waals surface area contributed by atoms with Crippen molar-refractivity contribution in [1.29, 1.82) is 0 Å². The molecular weight excluding hydrogens is 415 g/mol. The summed E-state index contributed by atoms with van der Waals surface area (Å²) in [6.07, 6.45) is 2.96. The van der Waals surface area contributed by atoms with Gasteiger partial charge in [-0.2, -0.15) is 5.10 Å². The third-order valence-electron chi connectivity index (χ3n) is 5.60. The third kappa shape index (κ3) is 3.81. The zero-order valence-electron chi connectivity index (χ0n) is 16.2. The highest BCUT2D eigenvalue weighted by molar-refractivity contribution is 6.42. The topological polar surface area (TPSA) is 85.3 Å². The van der Waals surface area contributed by atoms with Gasteiger partial charge in [-0.05, 0) is 43.9 Å². The first kappa shape index (κ1) is 20.0. The number of halogens is 2. The van der Waals surface area contributed by atoms with Crippen molar-refractivity contribution in [1.82, 2.24) is 20.4 Å². The Bertz CT molecular complexity index is 968. The first-order valence-corrected chi connectivity index (χ1v) is 10.2. The number of hydrogen-bond donors (Lipinski definition) is 2. The van der Waals surface area contributed by atoms with E-state index in [1.54, 1.807) is 29.9 Å². The standard InChI is InChI=1S/C20H22Cl2N4O3/c1-3-12-6-16(26(2)25-12)18(28)24-20-9-19(10-20,11-20)23-17(27)8-29-13-4-5-14(21)15(22)7-13/h4-7H,3,8-11H2,1-2H3,(H,23,27)(H,24,28). The van der Waals surface area contributed by atoms with Crippen LogP contribution in [0.5, 0.6) is 5.75 Å². The van der Waals surface area contributed by atoms with Gasteiger partial charge in [0.15, 0.2) is 6.61 Å². The highest BCUT2D eigenvalue weighted by Crippen LogP contribution is 2.60. The summed E-state index contributed by atoms with van der Waals surface area (Å²) in [6, 6.07) is 6.68. The molecule has 0 aliphatic heterocycles. The van der Waals surface area contributed by atoms with Crippen LogP contribution in [-0.4, -0.2) is 39.3 Å². The fraction of sp³-hybridized carbons (Fsp3) is 0.450. The van der Waals surface area contributed by atoms with Gasteiger partial charge in [-0.25, -0.2) is 0 Å². The molecule has 2 N–H and O–H groups in total. The molecule has 0 radical (unpaired) electrons. The van der Waals surface area contributed by atoms with E-state index in [0.717, 1.165) is 31.4 Å². The molecule has 3 fully saturated rings. The quantitative estimate of drug-likeness (QED) is 0.698. The van der Waals surface area contributed by atoms with Crippen LogP contribution >= 0.6 is 23.2 Å². The minimum atomic E-state index is -0.244. The molecule has 3 aliphatic rings. The van der Waals surface area contributed by atoms with Crippen LogP contribution < -0.4 is 15.4 Å². The summed E-state index contributed by atoms with van der Waals surface area (Å²) in [5.41, 5.74) is 0.971. The molecule has 9 heteroatoms. The average Bonchev–Trinajstić information content (AvgIpc) is 3.01. The van der Waals surface area contributed by atoms with Gasteiger partial charge in [0.05, 0.1) is 15.7 Å². The lowest BCUT2D eigenvalue weighted by atomic mass is 9.44. The fourth-order valence-electron chi connectivity index (χ4n) is 4.32. The Morgan fingerprint density at radius 2 is 1.83 bits per heavy atom. The Kier molecular flexibility index (Phi) is 4.99. The first-order valence-electron chi connectivity index (χ1n) is 9.47. The summed E-state index contributed by atoms with van der Waals surface area (Å²) < 4.78 is 7.08. The zero-order chi connectivity index (χ0) is 20.8. The van der Waals surface area contributed by atoms with Crippen molar-refractivity contribution in [2.45, 2.75) is 43.7 Å². The second-order valence-corrected chi connectivity index (χ2v) is 8.77. The maximum atomic E-state index is 12.6. The Morgan fingerprint density at radius 3 is 2.45 bits per heavy atom. The molecule has 0 atom stereocenters. The summed E-state index contributed by atoms with van der Waals surface area (Å²) in [5.74, 6) is 0.163. The molecule has 0 saturated heterocycles. The van der Waals surface area contributed by atoms with Gasteiger partial charge in [0.2, 0.25) is 0 Å². The van der Waals surface area contributed by atoms with Gasteiger partial charge in [0.1, 0.15) is 11.4 Å². The minimum Gasteiger partial charge on any atom is -0.484 e. The van der Waals surface area contributed by atoms with Crippen molar-refractivity contribution in [3.05, 3.63) is 45.7 Å². The second kappa shape index (κ2) is 7.22. The lowest BCUT2D eigenvalue weighted by molar-refractivity contribution is -0.141. The second-order valence-electron chi connectivity index (χ2n) is 7.96. The number of nitrogens with one attached hydrogen (secondary N) is 2. The lowest BCUT2D eigenvalue weighted by Crippen LogP contribution is -2.84. The number of benzene rings is 1. The molecule has 7 nitrogen and oxygen atoms in total. The normalized spacial score (nSPS) is 24.3. The largest absolute Gasteiger partial charge is 0.484 e. The van der Waals surface area contributed by atoms with E-state index in [1.807, 2.05) is 13.0 Å². The molecular formula is C20H22Cl2N4O3. The van der Waals surface area contributed by atoms with Crippen molar-refractivity contribution in [2.75, 3.05) is 6.61 Å². The number of aromatic nitrogens is 2. The molecule has 3 aliphatic carbocycles. The molecule has 0 unspecified atom stereocenters. The van der Waals surface area contributed by atoms with Gasteiger partial charge in [0, 0.05) is 24.2 Å². The van der Waals surface area contributed by atoms with Gasteiger partial charge in [-0.1, -0.05) is 30.1 Å². The predicted molar refractivity (Wildman–Crippen MR) is 109 cm³/mol. The highest BCUT2D eigenvalue weighted by Gasteiger charge is 2.69. The molecule has 1 aromatic heterocycles. The SMILES string of the molecule is CCc1cc(C(=O)NC23CC(NC(=O)COc4ccc(Cl)c(Cl)c4)(C2)C3)n(C)n1. The van der Waals surface area contributed by atoms with E-state index in [4.69, 9.17) is 27.9 Å². The summed E-state index contributed by atoms with van der Waals surface area (Å²) in [5, 5.41) is 11.3. The number of carbonyl (C=O) groups is 2. The van der Waals surface area contributed by atoms with Crippen LogP contribution in [0.1, 0.15) is 42.4 Å². The van der Waals surface area contributed by atoms with Crippen molar-refractivity contribution in [3.63, 3.8) is 0 Å². The number of hydrogen-bond acceptors (Lipinski definition) is 4. The Labute approximate surface area is 178 Å². The molecule has 1 heterocycles. The number of aryl methyl sites for hydroxylation is 2. The van der Waals surface area contributed by atoms with Crippen LogP contribution in [0.25, 0.3) is 0 Å². The number of carbonyl (C=O) groups excluding carboxylic acids is 2. The van der Waals surface area contributed by atoms with Gasteiger partial charge in [-0.3, -0.25) is 14.3 Å². The van der Waals surface area contributed by atoms with E-state index in [2.05, 4.69) is 15.7 Å². The molecule has 0 spiro atoms. The molecule has 29 heavy (non-hydrogen) atoms. The maximum absolute atomic E-state index is 12.6. The molecule has 5 rings (SSSR count). The average molecular weight is 437 g/mol. The van der Waals surface area contributed by atoms with Gasteiger partial charge < -0.3 is 15.4 Å². The van der Waals surface area contributed by atoms with Crippen molar-refractivity contribution in [3.8, 4) is 5.75 Å². The lowest BCUT2D eigenvalue weighted by Gasteiger charge is -2.70. The van der Waals surface area contributed by atoms with E-state index >= 15 is 0 Å². The Hall–Kier alpha value is -2.25. The van der Waals surface area contributed by atoms with Crippen molar-refractivity contribution < 1.29 is 14.3 Å². The predicted octanol–water partition coefficient (Wildman–Crippen LogP) is 2.89. The van der Waals surface area contributed by atoms with Crippen LogP contribution in [0.15, 0.2) is 24.3 Å². The Morgan fingerprint density at radius 1 is 1.14 bits per heavy atom.